The van der Waals surface area contributed by atoms with Crippen LogP contribution in [0.2, 0.25) is 0 Å². The molecule has 0 radical (unpaired) electrons. The average Bonchev–Trinajstić information content (AvgIpc) is 3.59. The van der Waals surface area contributed by atoms with Crippen molar-refractivity contribution in [2.75, 3.05) is 33.8 Å². The van der Waals surface area contributed by atoms with Crippen molar-refractivity contribution < 1.29 is 9.47 Å². The lowest BCUT2D eigenvalue weighted by Gasteiger charge is -2.29. The maximum absolute atomic E-state index is 6.87. The van der Waals surface area contributed by atoms with Gasteiger partial charge < -0.3 is 14.4 Å². The number of nitrogens with zero attached hydrogens (tertiary/aromatic N) is 3. The highest BCUT2D eigenvalue weighted by atomic mass is 16.7. The van der Waals surface area contributed by atoms with Gasteiger partial charge in [0.05, 0.1) is 19.3 Å². The highest BCUT2D eigenvalue weighted by molar-refractivity contribution is 5.62. The molecule has 0 aliphatic carbocycles. The first-order valence-corrected chi connectivity index (χ1v) is 23.1. The Hall–Kier alpha value is -1.95. The molecule has 0 aromatic rings. The molecular weight excluding hydrogens is 663 g/mol. The zero-order chi connectivity index (χ0) is 38.6. The summed E-state index contributed by atoms with van der Waals surface area (Å²) in [4.78, 5) is 2.21. The second kappa shape index (κ2) is 34.3. The van der Waals surface area contributed by atoms with Gasteiger partial charge in [0.2, 0.25) is 0 Å². The lowest BCUT2D eigenvalue weighted by atomic mass is 9.98. The van der Waals surface area contributed by atoms with Crippen LogP contribution in [0.5, 0.6) is 0 Å². The van der Waals surface area contributed by atoms with Gasteiger partial charge in [0, 0.05) is 38.2 Å². The molecule has 0 bridgehead atoms. The fourth-order valence-electron chi connectivity index (χ4n) is 7.41. The van der Waals surface area contributed by atoms with E-state index in [0.717, 1.165) is 64.6 Å². The van der Waals surface area contributed by atoms with Crippen LogP contribution in [-0.4, -0.2) is 61.8 Å². The van der Waals surface area contributed by atoms with Crippen LogP contribution in [0.3, 0.4) is 0 Å². The maximum atomic E-state index is 6.87. The van der Waals surface area contributed by atoms with E-state index in [1.54, 1.807) is 0 Å². The fourth-order valence-corrected chi connectivity index (χ4v) is 7.41. The highest BCUT2D eigenvalue weighted by Gasteiger charge is 2.40. The molecule has 2 heterocycles. The van der Waals surface area contributed by atoms with Crippen molar-refractivity contribution in [2.45, 2.75) is 212 Å². The molecule has 54 heavy (non-hydrogen) atoms. The number of ether oxygens (including phenoxy) is 2. The second-order valence-electron chi connectivity index (χ2n) is 16.4. The molecule has 1 saturated heterocycles. The quantitative estimate of drug-likeness (QED) is 0.0472. The van der Waals surface area contributed by atoms with Gasteiger partial charge in [-0.1, -0.05) is 140 Å². The van der Waals surface area contributed by atoms with Gasteiger partial charge in [0.1, 0.15) is 0 Å². The van der Waals surface area contributed by atoms with Gasteiger partial charge in [-0.15, -0.1) is 0 Å². The van der Waals surface area contributed by atoms with Crippen molar-refractivity contribution in [3.8, 4) is 0 Å². The van der Waals surface area contributed by atoms with Gasteiger partial charge in [-0.25, -0.2) is 0 Å². The predicted octanol–water partition coefficient (Wildman–Crippen LogP) is 14.4. The minimum Gasteiger partial charge on any atom is -0.347 e. The van der Waals surface area contributed by atoms with Crippen LogP contribution in [0.25, 0.3) is 0 Å². The molecule has 2 aliphatic heterocycles. The summed E-state index contributed by atoms with van der Waals surface area (Å²) in [6.07, 6.45) is 59.3. The number of hydrogen-bond donors (Lipinski definition) is 0. The van der Waals surface area contributed by atoms with Crippen molar-refractivity contribution in [3.63, 3.8) is 0 Å². The summed E-state index contributed by atoms with van der Waals surface area (Å²) in [7, 11) is 4.24. The maximum Gasteiger partial charge on any atom is 0.168 e. The number of unbranched alkanes of at least 4 members (excludes halogenated alkanes) is 18. The Morgan fingerprint density at radius 2 is 1.15 bits per heavy atom. The van der Waals surface area contributed by atoms with Crippen LogP contribution in [0.15, 0.2) is 65.5 Å². The van der Waals surface area contributed by atoms with Crippen LogP contribution in [0.4, 0.5) is 0 Å². The standard InChI is InChI=1S/C49H87N3O2/c1-5-7-9-11-13-15-17-19-21-23-25-27-29-31-33-35-40-49(41-36-34-32-30-28-26-24-22-20-18-16-14-12-10-8-6-2)53-46-48(54-49)38-37-47-39-42-50-52(45-47)44-43-51(3)4/h13-16,19-22,42,45,48H,5-12,17-18,23-41,43-44,46H2,1-4H3/b15-13-,16-14-,21-19-,22-20-. The van der Waals surface area contributed by atoms with Crippen molar-refractivity contribution in [3.05, 3.63) is 60.4 Å². The van der Waals surface area contributed by atoms with E-state index in [2.05, 4.69) is 104 Å². The molecule has 5 heteroatoms. The van der Waals surface area contributed by atoms with Crippen LogP contribution in [0, 0.1) is 0 Å². The summed E-state index contributed by atoms with van der Waals surface area (Å²) in [5.41, 5.74) is 1.46. The van der Waals surface area contributed by atoms with Gasteiger partial charge in [0.25, 0.3) is 0 Å². The Morgan fingerprint density at radius 3 is 1.65 bits per heavy atom. The highest BCUT2D eigenvalue weighted by Crippen LogP contribution is 2.36. The summed E-state index contributed by atoms with van der Waals surface area (Å²) < 4.78 is 13.5. The van der Waals surface area contributed by atoms with Crippen LogP contribution >= 0.6 is 0 Å². The first-order valence-electron chi connectivity index (χ1n) is 23.1. The third kappa shape index (κ3) is 26.8. The fraction of sp³-hybridized carbons (Fsp3) is 0.776. The number of likely N-dealkylation sites (N-methyl/N-ethyl adjacent to an activating group) is 1. The summed E-state index contributed by atoms with van der Waals surface area (Å²) in [6, 6.07) is 0. The average molecular weight is 750 g/mol. The molecule has 0 aromatic heterocycles. The Morgan fingerprint density at radius 1 is 0.667 bits per heavy atom. The van der Waals surface area contributed by atoms with E-state index < -0.39 is 0 Å². The van der Waals surface area contributed by atoms with Crippen LogP contribution < -0.4 is 0 Å². The summed E-state index contributed by atoms with van der Waals surface area (Å²) in [5.74, 6) is -0.366. The van der Waals surface area contributed by atoms with Crippen molar-refractivity contribution in [2.24, 2.45) is 5.10 Å². The summed E-state index contributed by atoms with van der Waals surface area (Å²) >= 11 is 0. The minimum absolute atomic E-state index is 0.203. The summed E-state index contributed by atoms with van der Waals surface area (Å²) in [6.45, 7) is 7.23. The molecule has 0 spiro atoms. The third-order valence-corrected chi connectivity index (χ3v) is 10.9. The molecule has 1 fully saturated rings. The van der Waals surface area contributed by atoms with E-state index in [-0.39, 0.29) is 11.9 Å². The van der Waals surface area contributed by atoms with Crippen molar-refractivity contribution >= 4 is 6.21 Å². The van der Waals surface area contributed by atoms with Gasteiger partial charge in [-0.05, 0) is 110 Å². The van der Waals surface area contributed by atoms with Gasteiger partial charge in [-0.2, -0.15) is 5.10 Å². The number of hydrazone groups is 1. The van der Waals surface area contributed by atoms with E-state index in [9.17, 15) is 0 Å². The third-order valence-electron chi connectivity index (χ3n) is 10.9. The predicted molar refractivity (Wildman–Crippen MR) is 237 cm³/mol. The van der Waals surface area contributed by atoms with E-state index in [1.807, 2.05) is 0 Å². The Balaban J connectivity index is 1.66. The Labute approximate surface area is 335 Å². The van der Waals surface area contributed by atoms with Gasteiger partial charge in [-0.3, -0.25) is 5.01 Å². The second-order valence-corrected chi connectivity index (χ2v) is 16.4. The molecule has 1 atom stereocenters. The number of allylic oxidation sites excluding steroid dienone is 9. The molecule has 2 aliphatic rings. The van der Waals surface area contributed by atoms with Crippen molar-refractivity contribution in [1.82, 2.24) is 9.91 Å². The van der Waals surface area contributed by atoms with Crippen LogP contribution in [-0.2, 0) is 9.47 Å². The minimum atomic E-state index is -0.366. The Kier molecular flexibility index (Phi) is 30.6. The zero-order valence-corrected chi connectivity index (χ0v) is 36.1. The molecule has 5 nitrogen and oxygen atoms in total. The van der Waals surface area contributed by atoms with E-state index in [1.165, 1.54) is 147 Å². The Bertz CT molecular complexity index is 994. The smallest absolute Gasteiger partial charge is 0.168 e. The van der Waals surface area contributed by atoms with Crippen LogP contribution in [0.1, 0.15) is 200 Å². The van der Waals surface area contributed by atoms with Gasteiger partial charge >= 0.3 is 0 Å². The molecule has 310 valence electrons. The molecular formula is C49H87N3O2. The SMILES string of the molecule is CCCCC/C=C\C/C=C\CCCCCCCCC1(CCCCCCCC/C=C\C/C=C\CCCCC)OCC(CCC2=CN(CCN(C)C)N=CC2)O1. The molecule has 0 saturated carbocycles. The van der Waals surface area contributed by atoms with E-state index in [0.29, 0.717) is 0 Å². The zero-order valence-electron chi connectivity index (χ0n) is 36.1. The lowest BCUT2D eigenvalue weighted by Crippen LogP contribution is -2.31. The number of hydrogen-bond acceptors (Lipinski definition) is 5. The van der Waals surface area contributed by atoms with E-state index >= 15 is 0 Å². The first-order chi connectivity index (χ1) is 26.6. The van der Waals surface area contributed by atoms with Gasteiger partial charge in [0.15, 0.2) is 5.79 Å². The van der Waals surface area contributed by atoms with E-state index in [4.69, 9.17) is 9.47 Å². The normalized spacial score (nSPS) is 17.5. The topological polar surface area (TPSA) is 37.3 Å². The molecule has 0 amide bonds. The number of rotatable bonds is 36. The first kappa shape index (κ1) is 48.2. The molecule has 0 aromatic carbocycles. The monoisotopic (exact) mass is 750 g/mol. The largest absolute Gasteiger partial charge is 0.347 e. The van der Waals surface area contributed by atoms with Crippen molar-refractivity contribution in [1.29, 1.82) is 0 Å². The molecule has 0 N–H and O–H groups in total. The summed E-state index contributed by atoms with van der Waals surface area (Å²) in [5, 5.41) is 6.68. The molecule has 2 rings (SSSR count). The lowest BCUT2D eigenvalue weighted by molar-refractivity contribution is -0.179. The molecule has 1 unspecified atom stereocenters.